The predicted octanol–water partition coefficient (Wildman–Crippen LogP) is 4.74. The Kier molecular flexibility index (Phi) is 7.49. The second kappa shape index (κ2) is 10.1. The standard InChI is InChI=1S/C19H14Cl2FN3O2S2/c20-12-4-5-15(21)16(7-12)28-10-18(27)25-24-17(26)8-14-9-29-19(23-14)11-2-1-3-13(22)6-11/h1-7,9H,8,10H2,(H,24,26)(H,25,27). The highest BCUT2D eigenvalue weighted by Crippen LogP contribution is 2.29. The molecule has 0 aliphatic heterocycles. The smallest absolute Gasteiger partial charge is 0.248 e. The van der Waals surface area contributed by atoms with E-state index in [1.807, 2.05) is 0 Å². The zero-order chi connectivity index (χ0) is 20.8. The van der Waals surface area contributed by atoms with Gasteiger partial charge < -0.3 is 0 Å². The van der Waals surface area contributed by atoms with E-state index < -0.39 is 11.8 Å². The molecule has 150 valence electrons. The summed E-state index contributed by atoms with van der Waals surface area (Å²) in [5, 5.41) is 3.35. The highest BCUT2D eigenvalue weighted by Gasteiger charge is 2.11. The van der Waals surface area contributed by atoms with E-state index in [0.717, 1.165) is 0 Å². The number of nitrogens with one attached hydrogen (secondary N) is 2. The van der Waals surface area contributed by atoms with E-state index in [4.69, 9.17) is 23.2 Å². The zero-order valence-electron chi connectivity index (χ0n) is 14.7. The molecule has 0 spiro atoms. The highest BCUT2D eigenvalue weighted by atomic mass is 35.5. The second-order valence-electron chi connectivity index (χ2n) is 5.79. The lowest BCUT2D eigenvalue weighted by atomic mass is 10.2. The van der Waals surface area contributed by atoms with Gasteiger partial charge in [0, 0.05) is 20.9 Å². The van der Waals surface area contributed by atoms with E-state index in [-0.39, 0.29) is 18.0 Å². The van der Waals surface area contributed by atoms with E-state index >= 15 is 0 Å². The molecule has 0 saturated heterocycles. The molecule has 10 heteroatoms. The molecule has 0 fully saturated rings. The normalized spacial score (nSPS) is 10.6. The first-order chi connectivity index (χ1) is 13.9. The number of hydrogen-bond donors (Lipinski definition) is 2. The lowest BCUT2D eigenvalue weighted by Crippen LogP contribution is -2.43. The molecule has 2 aromatic carbocycles. The Hall–Kier alpha value is -2.13. The van der Waals surface area contributed by atoms with Gasteiger partial charge in [-0.2, -0.15) is 0 Å². The molecule has 3 rings (SSSR count). The molecule has 0 radical (unpaired) electrons. The predicted molar refractivity (Wildman–Crippen MR) is 115 cm³/mol. The fourth-order valence-electron chi connectivity index (χ4n) is 2.26. The van der Waals surface area contributed by atoms with Gasteiger partial charge in [-0.15, -0.1) is 23.1 Å². The Morgan fingerprint density at radius 2 is 1.90 bits per heavy atom. The molecule has 2 amide bonds. The molecule has 0 saturated carbocycles. The van der Waals surface area contributed by atoms with Crippen LogP contribution in [0.1, 0.15) is 5.69 Å². The quantitative estimate of drug-likeness (QED) is 0.404. The Labute approximate surface area is 184 Å². The van der Waals surface area contributed by atoms with Crippen LogP contribution in [0.3, 0.4) is 0 Å². The SMILES string of the molecule is O=C(CSc1cc(Cl)ccc1Cl)NNC(=O)Cc1csc(-c2cccc(F)c2)n1. The monoisotopic (exact) mass is 469 g/mol. The van der Waals surface area contributed by atoms with Gasteiger partial charge in [0.05, 0.1) is 22.9 Å². The number of halogens is 3. The van der Waals surface area contributed by atoms with Gasteiger partial charge in [-0.25, -0.2) is 9.37 Å². The van der Waals surface area contributed by atoms with Crippen molar-refractivity contribution >= 4 is 58.1 Å². The number of amides is 2. The summed E-state index contributed by atoms with van der Waals surface area (Å²) in [7, 11) is 0. The Morgan fingerprint density at radius 1 is 1.10 bits per heavy atom. The first-order valence-electron chi connectivity index (χ1n) is 8.26. The molecule has 1 heterocycles. The molecule has 5 nitrogen and oxygen atoms in total. The summed E-state index contributed by atoms with van der Waals surface area (Å²) < 4.78 is 13.3. The number of thiazole rings is 1. The van der Waals surface area contributed by atoms with Crippen molar-refractivity contribution in [3.8, 4) is 10.6 Å². The molecule has 29 heavy (non-hydrogen) atoms. The average Bonchev–Trinajstić information content (AvgIpc) is 3.15. The van der Waals surface area contributed by atoms with Crippen LogP contribution in [-0.4, -0.2) is 22.6 Å². The maximum absolute atomic E-state index is 13.3. The summed E-state index contributed by atoms with van der Waals surface area (Å²) in [4.78, 5) is 28.9. The fraction of sp³-hybridized carbons (Fsp3) is 0.105. The van der Waals surface area contributed by atoms with Crippen LogP contribution < -0.4 is 10.9 Å². The van der Waals surface area contributed by atoms with Crippen molar-refractivity contribution in [1.29, 1.82) is 0 Å². The van der Waals surface area contributed by atoms with Crippen molar-refractivity contribution in [3.63, 3.8) is 0 Å². The van der Waals surface area contributed by atoms with Crippen LogP contribution in [0.25, 0.3) is 10.6 Å². The van der Waals surface area contributed by atoms with E-state index in [0.29, 0.717) is 31.2 Å². The summed E-state index contributed by atoms with van der Waals surface area (Å²) >= 11 is 14.5. The molecular formula is C19H14Cl2FN3O2S2. The molecule has 0 aliphatic carbocycles. The van der Waals surface area contributed by atoms with Crippen LogP contribution in [0, 0.1) is 5.82 Å². The lowest BCUT2D eigenvalue weighted by molar-refractivity contribution is -0.127. The first kappa shape index (κ1) is 21.6. The summed E-state index contributed by atoms with van der Waals surface area (Å²) in [6, 6.07) is 11.1. The first-order valence-corrected chi connectivity index (χ1v) is 10.9. The third-order valence-electron chi connectivity index (χ3n) is 3.56. The minimum Gasteiger partial charge on any atom is -0.273 e. The zero-order valence-corrected chi connectivity index (χ0v) is 17.9. The maximum atomic E-state index is 13.3. The minimum atomic E-state index is -0.416. The average molecular weight is 470 g/mol. The van der Waals surface area contributed by atoms with Crippen LogP contribution in [-0.2, 0) is 16.0 Å². The van der Waals surface area contributed by atoms with Crippen molar-refractivity contribution in [3.05, 3.63) is 69.4 Å². The van der Waals surface area contributed by atoms with Crippen molar-refractivity contribution in [2.24, 2.45) is 0 Å². The van der Waals surface area contributed by atoms with E-state index in [1.54, 1.807) is 35.7 Å². The number of hydrazine groups is 1. The van der Waals surface area contributed by atoms with Crippen molar-refractivity contribution in [2.45, 2.75) is 11.3 Å². The van der Waals surface area contributed by atoms with Crippen LogP contribution in [0.4, 0.5) is 4.39 Å². The molecule has 0 aliphatic rings. The van der Waals surface area contributed by atoms with Gasteiger partial charge >= 0.3 is 0 Å². The largest absolute Gasteiger partial charge is 0.273 e. The Morgan fingerprint density at radius 3 is 2.69 bits per heavy atom. The van der Waals surface area contributed by atoms with Gasteiger partial charge in [-0.05, 0) is 30.3 Å². The molecule has 1 aromatic heterocycles. The van der Waals surface area contributed by atoms with Crippen LogP contribution in [0.2, 0.25) is 10.0 Å². The number of aromatic nitrogens is 1. The van der Waals surface area contributed by atoms with Crippen molar-refractivity contribution in [2.75, 3.05) is 5.75 Å². The van der Waals surface area contributed by atoms with Crippen LogP contribution in [0.5, 0.6) is 0 Å². The lowest BCUT2D eigenvalue weighted by Gasteiger charge is -2.07. The third-order valence-corrected chi connectivity index (χ3v) is 6.23. The summed E-state index contributed by atoms with van der Waals surface area (Å²) in [6.07, 6.45) is -0.0145. The molecular weight excluding hydrogens is 456 g/mol. The number of rotatable bonds is 6. The molecule has 0 bridgehead atoms. The van der Waals surface area contributed by atoms with E-state index in [2.05, 4.69) is 15.8 Å². The second-order valence-corrected chi connectivity index (χ2v) is 8.51. The number of carbonyl (C=O) groups excluding carboxylic acids is 2. The summed E-state index contributed by atoms with van der Waals surface area (Å²) in [6.45, 7) is 0. The fourth-order valence-corrected chi connectivity index (χ4v) is 4.37. The van der Waals surface area contributed by atoms with Crippen LogP contribution >= 0.6 is 46.3 Å². The van der Waals surface area contributed by atoms with Gasteiger partial charge in [0.25, 0.3) is 0 Å². The Bertz CT molecular complexity index is 1050. The summed E-state index contributed by atoms with van der Waals surface area (Å²) in [5.41, 5.74) is 5.86. The third kappa shape index (κ3) is 6.43. The van der Waals surface area contributed by atoms with Gasteiger partial charge in [0.2, 0.25) is 11.8 Å². The minimum absolute atomic E-state index is 0.0145. The number of thioether (sulfide) groups is 1. The van der Waals surface area contributed by atoms with Gasteiger partial charge in [-0.3, -0.25) is 20.4 Å². The van der Waals surface area contributed by atoms with Gasteiger partial charge in [0.1, 0.15) is 10.8 Å². The maximum Gasteiger partial charge on any atom is 0.248 e. The number of carbonyl (C=O) groups is 2. The van der Waals surface area contributed by atoms with E-state index in [9.17, 15) is 14.0 Å². The summed E-state index contributed by atoms with van der Waals surface area (Å²) in [5.74, 6) is -1.10. The van der Waals surface area contributed by atoms with Crippen molar-refractivity contribution < 1.29 is 14.0 Å². The molecule has 3 aromatic rings. The molecule has 0 atom stereocenters. The number of hydrogen-bond acceptors (Lipinski definition) is 5. The Balaban J connectivity index is 1.46. The van der Waals surface area contributed by atoms with Gasteiger partial charge in [-0.1, -0.05) is 35.3 Å². The topological polar surface area (TPSA) is 71.1 Å². The molecule has 2 N–H and O–H groups in total. The van der Waals surface area contributed by atoms with E-state index in [1.165, 1.54) is 35.2 Å². The van der Waals surface area contributed by atoms with Gasteiger partial charge in [0.15, 0.2) is 0 Å². The highest BCUT2D eigenvalue weighted by molar-refractivity contribution is 8.00. The van der Waals surface area contributed by atoms with Crippen molar-refractivity contribution in [1.82, 2.24) is 15.8 Å². The van der Waals surface area contributed by atoms with Crippen LogP contribution in [0.15, 0.2) is 52.7 Å². The number of nitrogens with zero attached hydrogens (tertiary/aromatic N) is 1. The number of benzene rings is 2. The molecule has 0 unspecified atom stereocenters.